The first-order valence-electron chi connectivity index (χ1n) is 8.49. The van der Waals surface area contributed by atoms with Crippen molar-refractivity contribution in [2.45, 2.75) is 44.6 Å². The van der Waals surface area contributed by atoms with E-state index in [0.29, 0.717) is 18.5 Å². The van der Waals surface area contributed by atoms with Gasteiger partial charge in [-0.15, -0.1) is 0 Å². The molecule has 22 heavy (non-hydrogen) atoms. The molecule has 1 atom stereocenters. The van der Waals surface area contributed by atoms with Crippen LogP contribution in [0.4, 0.5) is 4.39 Å². The minimum Gasteiger partial charge on any atom is -0.339 e. The zero-order chi connectivity index (χ0) is 15.4. The number of carbonyl (C=O) groups excluding carboxylic acids is 1. The van der Waals surface area contributed by atoms with Gasteiger partial charge in [0.2, 0.25) is 5.91 Å². The van der Waals surface area contributed by atoms with E-state index in [0.717, 1.165) is 44.3 Å². The van der Waals surface area contributed by atoms with Gasteiger partial charge in [-0.2, -0.15) is 0 Å². The molecule has 1 aliphatic heterocycles. The van der Waals surface area contributed by atoms with E-state index in [2.05, 4.69) is 10.2 Å². The number of benzene rings is 1. The molecule has 3 nitrogen and oxygen atoms in total. The van der Waals surface area contributed by atoms with Crippen LogP contribution in [0.5, 0.6) is 0 Å². The van der Waals surface area contributed by atoms with E-state index in [4.69, 9.17) is 0 Å². The summed E-state index contributed by atoms with van der Waals surface area (Å²) in [4.78, 5) is 14.9. The summed E-state index contributed by atoms with van der Waals surface area (Å²) >= 11 is 0. The molecule has 1 aromatic carbocycles. The smallest absolute Gasteiger partial charge is 0.227 e. The highest BCUT2D eigenvalue weighted by Crippen LogP contribution is 2.26. The third-order valence-corrected chi connectivity index (χ3v) is 4.99. The Kier molecular flexibility index (Phi) is 5.08. The molecule has 3 rings (SSSR count). The fourth-order valence-electron chi connectivity index (χ4n) is 3.73. The Balaban J connectivity index is 1.66. The van der Waals surface area contributed by atoms with E-state index in [1.165, 1.54) is 18.9 Å². The van der Waals surface area contributed by atoms with Crippen LogP contribution in [0.3, 0.4) is 0 Å². The summed E-state index contributed by atoms with van der Waals surface area (Å²) in [5.74, 6) is 0.234. The Morgan fingerprint density at radius 1 is 1.27 bits per heavy atom. The van der Waals surface area contributed by atoms with Gasteiger partial charge in [-0.1, -0.05) is 25.0 Å². The largest absolute Gasteiger partial charge is 0.339 e. The van der Waals surface area contributed by atoms with E-state index >= 15 is 0 Å². The predicted octanol–water partition coefficient (Wildman–Crippen LogP) is 2.75. The second-order valence-corrected chi connectivity index (χ2v) is 6.54. The molecule has 120 valence electrons. The highest BCUT2D eigenvalue weighted by Gasteiger charge is 2.32. The van der Waals surface area contributed by atoms with Gasteiger partial charge in [-0.25, -0.2) is 4.39 Å². The number of nitrogens with one attached hydrogen (secondary N) is 1. The summed E-state index contributed by atoms with van der Waals surface area (Å²) in [5, 5.41) is 3.28. The van der Waals surface area contributed by atoms with Gasteiger partial charge in [0, 0.05) is 19.1 Å². The second kappa shape index (κ2) is 7.23. The molecule has 0 spiro atoms. The standard InChI is InChI=1S/C18H25FN2O/c19-16-5-3-4-14(12-16)9-11-21(17-6-1-2-7-17)18(22)15-8-10-20-13-15/h3-5,12,15,17,20H,1-2,6-11,13H2. The highest BCUT2D eigenvalue weighted by atomic mass is 19.1. The van der Waals surface area contributed by atoms with Crippen LogP contribution in [0.25, 0.3) is 0 Å². The number of rotatable bonds is 5. The van der Waals surface area contributed by atoms with Crippen LogP contribution in [0.2, 0.25) is 0 Å². The van der Waals surface area contributed by atoms with Crippen LogP contribution >= 0.6 is 0 Å². The van der Waals surface area contributed by atoms with E-state index in [1.807, 2.05) is 6.07 Å². The zero-order valence-corrected chi connectivity index (χ0v) is 13.1. The molecular formula is C18H25FN2O. The Morgan fingerprint density at radius 3 is 2.77 bits per heavy atom. The van der Waals surface area contributed by atoms with Crippen molar-refractivity contribution in [2.24, 2.45) is 5.92 Å². The molecule has 4 heteroatoms. The summed E-state index contributed by atoms with van der Waals surface area (Å²) < 4.78 is 13.3. The van der Waals surface area contributed by atoms with Gasteiger partial charge < -0.3 is 10.2 Å². The van der Waals surface area contributed by atoms with Crippen molar-refractivity contribution in [1.82, 2.24) is 10.2 Å². The molecule has 1 unspecified atom stereocenters. The van der Waals surface area contributed by atoms with E-state index in [1.54, 1.807) is 12.1 Å². The van der Waals surface area contributed by atoms with Crippen LogP contribution < -0.4 is 5.32 Å². The summed E-state index contributed by atoms with van der Waals surface area (Å²) in [6.07, 6.45) is 6.36. The van der Waals surface area contributed by atoms with Gasteiger partial charge in [0.05, 0.1) is 5.92 Å². The number of amides is 1. The molecule has 2 fully saturated rings. The van der Waals surface area contributed by atoms with Crippen molar-refractivity contribution in [3.05, 3.63) is 35.6 Å². The van der Waals surface area contributed by atoms with E-state index in [-0.39, 0.29) is 11.7 Å². The Hall–Kier alpha value is -1.42. The third kappa shape index (κ3) is 3.67. The number of hydrogen-bond acceptors (Lipinski definition) is 2. The summed E-state index contributed by atoms with van der Waals surface area (Å²) in [6.45, 7) is 2.46. The van der Waals surface area contributed by atoms with Gasteiger partial charge in [0.15, 0.2) is 0 Å². The first-order valence-corrected chi connectivity index (χ1v) is 8.49. The molecule has 0 aromatic heterocycles. The maximum absolute atomic E-state index is 13.3. The lowest BCUT2D eigenvalue weighted by atomic mass is 10.0. The molecule has 0 radical (unpaired) electrons. The normalized spacial score (nSPS) is 22.1. The Labute approximate surface area is 131 Å². The van der Waals surface area contributed by atoms with Crippen molar-refractivity contribution in [3.8, 4) is 0 Å². The average molecular weight is 304 g/mol. The first kappa shape index (κ1) is 15.5. The maximum Gasteiger partial charge on any atom is 0.227 e. The molecule has 1 saturated carbocycles. The van der Waals surface area contributed by atoms with Crippen molar-refractivity contribution in [3.63, 3.8) is 0 Å². The lowest BCUT2D eigenvalue weighted by Crippen LogP contribution is -2.44. The molecule has 2 aliphatic rings. The average Bonchev–Trinajstić information content (AvgIpc) is 3.21. The van der Waals surface area contributed by atoms with Gasteiger partial charge >= 0.3 is 0 Å². The minimum absolute atomic E-state index is 0.133. The molecule has 1 aliphatic carbocycles. The van der Waals surface area contributed by atoms with Gasteiger partial charge in [-0.3, -0.25) is 4.79 Å². The monoisotopic (exact) mass is 304 g/mol. The second-order valence-electron chi connectivity index (χ2n) is 6.54. The number of hydrogen-bond donors (Lipinski definition) is 1. The SMILES string of the molecule is O=C(C1CCNC1)N(CCc1cccc(F)c1)C1CCCC1. The summed E-state index contributed by atoms with van der Waals surface area (Å²) in [6, 6.07) is 7.12. The fraction of sp³-hybridized carbons (Fsp3) is 0.611. The molecule has 1 saturated heterocycles. The van der Waals surface area contributed by atoms with Crippen LogP contribution in [-0.4, -0.2) is 36.5 Å². The van der Waals surface area contributed by atoms with Gasteiger partial charge in [-0.05, 0) is 49.9 Å². The van der Waals surface area contributed by atoms with Gasteiger partial charge in [0.25, 0.3) is 0 Å². The molecule has 0 bridgehead atoms. The number of carbonyl (C=O) groups is 1. The lowest BCUT2D eigenvalue weighted by Gasteiger charge is -2.31. The summed E-state index contributed by atoms with van der Waals surface area (Å²) in [5.41, 5.74) is 0.973. The van der Waals surface area contributed by atoms with Crippen LogP contribution in [0, 0.1) is 11.7 Å². The molecule has 1 heterocycles. The number of halogens is 1. The highest BCUT2D eigenvalue weighted by molar-refractivity contribution is 5.79. The fourth-order valence-corrected chi connectivity index (χ4v) is 3.73. The van der Waals surface area contributed by atoms with Crippen LogP contribution in [-0.2, 0) is 11.2 Å². The molecule has 1 N–H and O–H groups in total. The molecule has 1 amide bonds. The Bertz CT molecular complexity index is 508. The van der Waals surface area contributed by atoms with Gasteiger partial charge in [0.1, 0.15) is 5.82 Å². The van der Waals surface area contributed by atoms with Crippen molar-refractivity contribution in [1.29, 1.82) is 0 Å². The number of nitrogens with zero attached hydrogens (tertiary/aromatic N) is 1. The van der Waals surface area contributed by atoms with E-state index < -0.39 is 0 Å². The molecule has 1 aromatic rings. The maximum atomic E-state index is 13.3. The Morgan fingerprint density at radius 2 is 2.09 bits per heavy atom. The van der Waals surface area contributed by atoms with Crippen LogP contribution in [0.15, 0.2) is 24.3 Å². The summed E-state index contributed by atoms with van der Waals surface area (Å²) in [7, 11) is 0. The van der Waals surface area contributed by atoms with E-state index in [9.17, 15) is 9.18 Å². The lowest BCUT2D eigenvalue weighted by molar-refractivity contribution is -0.137. The van der Waals surface area contributed by atoms with Crippen LogP contribution in [0.1, 0.15) is 37.7 Å². The third-order valence-electron chi connectivity index (χ3n) is 4.99. The zero-order valence-electron chi connectivity index (χ0n) is 13.1. The molecular weight excluding hydrogens is 279 g/mol. The van der Waals surface area contributed by atoms with Crippen molar-refractivity contribution >= 4 is 5.91 Å². The quantitative estimate of drug-likeness (QED) is 0.907. The van der Waals surface area contributed by atoms with Crippen molar-refractivity contribution in [2.75, 3.05) is 19.6 Å². The van der Waals surface area contributed by atoms with Crippen molar-refractivity contribution < 1.29 is 9.18 Å². The predicted molar refractivity (Wildman–Crippen MR) is 85.0 cm³/mol. The minimum atomic E-state index is -0.198. The first-order chi connectivity index (χ1) is 10.7. The topological polar surface area (TPSA) is 32.3 Å².